The van der Waals surface area contributed by atoms with Crippen LogP contribution in [0.25, 0.3) is 0 Å². The van der Waals surface area contributed by atoms with Crippen molar-refractivity contribution >= 4 is 0 Å². The fourth-order valence-electron chi connectivity index (χ4n) is 2.14. The molecule has 1 aromatic rings. The SMILES string of the molecule is CCNCC1CC1c1ccc(O)c(OC)c1. The number of phenols is 1. The quantitative estimate of drug-likeness (QED) is 0.800. The molecule has 0 amide bonds. The first-order valence-electron chi connectivity index (χ1n) is 5.83. The molecular formula is C13H19NO2. The van der Waals surface area contributed by atoms with Crippen molar-refractivity contribution in [3.05, 3.63) is 23.8 Å². The molecule has 2 N–H and O–H groups in total. The molecule has 3 heteroatoms. The number of rotatable bonds is 5. The fraction of sp³-hybridized carbons (Fsp3) is 0.538. The van der Waals surface area contributed by atoms with Gasteiger partial charge in [0.1, 0.15) is 0 Å². The van der Waals surface area contributed by atoms with E-state index in [1.54, 1.807) is 13.2 Å². The van der Waals surface area contributed by atoms with Crippen molar-refractivity contribution in [2.75, 3.05) is 20.2 Å². The first kappa shape index (κ1) is 11.3. The van der Waals surface area contributed by atoms with Gasteiger partial charge in [0.25, 0.3) is 0 Å². The summed E-state index contributed by atoms with van der Waals surface area (Å²) in [5.74, 6) is 2.17. The van der Waals surface area contributed by atoms with E-state index in [0.717, 1.165) is 19.0 Å². The van der Waals surface area contributed by atoms with E-state index in [-0.39, 0.29) is 5.75 Å². The molecule has 1 fully saturated rings. The van der Waals surface area contributed by atoms with Gasteiger partial charge in [-0.2, -0.15) is 0 Å². The number of benzene rings is 1. The van der Waals surface area contributed by atoms with Gasteiger partial charge in [-0.1, -0.05) is 13.0 Å². The average Bonchev–Trinajstić information content (AvgIpc) is 3.06. The minimum absolute atomic E-state index is 0.218. The van der Waals surface area contributed by atoms with E-state index in [1.807, 2.05) is 12.1 Å². The molecule has 0 saturated heterocycles. The summed E-state index contributed by atoms with van der Waals surface area (Å²) >= 11 is 0. The largest absolute Gasteiger partial charge is 0.504 e. The van der Waals surface area contributed by atoms with Crippen molar-refractivity contribution < 1.29 is 9.84 Å². The maximum absolute atomic E-state index is 9.51. The van der Waals surface area contributed by atoms with E-state index >= 15 is 0 Å². The Morgan fingerprint density at radius 2 is 2.31 bits per heavy atom. The number of phenolic OH excluding ortho intramolecular Hbond substituents is 1. The Bertz CT molecular complexity index is 365. The minimum atomic E-state index is 0.218. The lowest BCUT2D eigenvalue weighted by Crippen LogP contribution is -2.16. The highest BCUT2D eigenvalue weighted by molar-refractivity contribution is 5.44. The molecular weight excluding hydrogens is 202 g/mol. The predicted octanol–water partition coefficient (Wildman–Crippen LogP) is 2.11. The van der Waals surface area contributed by atoms with E-state index in [1.165, 1.54) is 12.0 Å². The van der Waals surface area contributed by atoms with Gasteiger partial charge in [-0.05, 0) is 49.0 Å². The molecule has 0 aromatic heterocycles. The van der Waals surface area contributed by atoms with Gasteiger partial charge in [-0.25, -0.2) is 0 Å². The van der Waals surface area contributed by atoms with Crippen molar-refractivity contribution in [3.8, 4) is 11.5 Å². The molecule has 3 nitrogen and oxygen atoms in total. The van der Waals surface area contributed by atoms with E-state index in [9.17, 15) is 5.11 Å². The normalized spacial score (nSPS) is 23.1. The Morgan fingerprint density at radius 1 is 1.50 bits per heavy atom. The van der Waals surface area contributed by atoms with Crippen molar-refractivity contribution in [1.29, 1.82) is 0 Å². The molecule has 1 aliphatic carbocycles. The summed E-state index contributed by atoms with van der Waals surface area (Å²) in [5.41, 5.74) is 1.28. The number of ether oxygens (including phenoxy) is 1. The zero-order valence-electron chi connectivity index (χ0n) is 9.86. The summed E-state index contributed by atoms with van der Waals surface area (Å²) in [6, 6.07) is 5.66. The van der Waals surface area contributed by atoms with Crippen LogP contribution in [0, 0.1) is 5.92 Å². The smallest absolute Gasteiger partial charge is 0.160 e. The molecule has 2 atom stereocenters. The van der Waals surface area contributed by atoms with Crippen LogP contribution in [0.2, 0.25) is 0 Å². The molecule has 88 valence electrons. The molecule has 0 spiro atoms. The molecule has 0 radical (unpaired) electrons. The molecule has 0 heterocycles. The summed E-state index contributed by atoms with van der Waals surface area (Å²) in [5, 5.41) is 12.9. The summed E-state index contributed by atoms with van der Waals surface area (Å²) in [7, 11) is 1.59. The maximum atomic E-state index is 9.51. The first-order chi connectivity index (χ1) is 7.76. The minimum Gasteiger partial charge on any atom is -0.504 e. The molecule has 0 aliphatic heterocycles. The second kappa shape index (κ2) is 4.74. The van der Waals surface area contributed by atoms with Crippen LogP contribution < -0.4 is 10.1 Å². The van der Waals surface area contributed by atoms with E-state index in [0.29, 0.717) is 11.7 Å². The Hall–Kier alpha value is -1.22. The number of nitrogens with one attached hydrogen (secondary N) is 1. The topological polar surface area (TPSA) is 41.5 Å². The molecule has 1 aliphatic rings. The lowest BCUT2D eigenvalue weighted by molar-refractivity contribution is 0.373. The highest BCUT2D eigenvalue weighted by atomic mass is 16.5. The lowest BCUT2D eigenvalue weighted by Gasteiger charge is -2.06. The van der Waals surface area contributed by atoms with E-state index in [4.69, 9.17) is 4.74 Å². The van der Waals surface area contributed by atoms with Gasteiger partial charge in [-0.3, -0.25) is 0 Å². The van der Waals surface area contributed by atoms with Crippen molar-refractivity contribution in [3.63, 3.8) is 0 Å². The number of aromatic hydroxyl groups is 1. The summed E-state index contributed by atoms with van der Waals surface area (Å²) in [6.45, 7) is 4.24. The standard InChI is InChI=1S/C13H19NO2/c1-3-14-8-10-6-11(10)9-4-5-12(15)13(7-9)16-2/h4-5,7,10-11,14-15H,3,6,8H2,1-2H3. The summed E-state index contributed by atoms with van der Waals surface area (Å²) < 4.78 is 5.11. The Kier molecular flexibility index (Phi) is 3.34. The van der Waals surface area contributed by atoms with Crippen molar-refractivity contribution in [2.45, 2.75) is 19.3 Å². The van der Waals surface area contributed by atoms with Crippen molar-refractivity contribution in [1.82, 2.24) is 5.32 Å². The number of hydrogen-bond acceptors (Lipinski definition) is 3. The fourth-order valence-corrected chi connectivity index (χ4v) is 2.14. The zero-order valence-corrected chi connectivity index (χ0v) is 9.86. The van der Waals surface area contributed by atoms with Crippen LogP contribution in [0.1, 0.15) is 24.8 Å². The molecule has 1 aromatic carbocycles. The van der Waals surface area contributed by atoms with Gasteiger partial charge in [-0.15, -0.1) is 0 Å². The molecule has 1 saturated carbocycles. The molecule has 2 rings (SSSR count). The molecule has 16 heavy (non-hydrogen) atoms. The summed E-state index contributed by atoms with van der Waals surface area (Å²) in [4.78, 5) is 0. The summed E-state index contributed by atoms with van der Waals surface area (Å²) in [6.07, 6.45) is 1.24. The van der Waals surface area contributed by atoms with Crippen LogP contribution in [0.4, 0.5) is 0 Å². The van der Waals surface area contributed by atoms with Crippen LogP contribution in [-0.4, -0.2) is 25.3 Å². The Morgan fingerprint density at radius 3 is 3.00 bits per heavy atom. The third-order valence-electron chi connectivity index (χ3n) is 3.21. The van der Waals surface area contributed by atoms with Gasteiger partial charge in [0.2, 0.25) is 0 Å². The average molecular weight is 221 g/mol. The van der Waals surface area contributed by atoms with Crippen LogP contribution in [-0.2, 0) is 0 Å². The maximum Gasteiger partial charge on any atom is 0.160 e. The van der Waals surface area contributed by atoms with Crippen molar-refractivity contribution in [2.24, 2.45) is 5.92 Å². The van der Waals surface area contributed by atoms with Crippen LogP contribution in [0.5, 0.6) is 11.5 Å². The van der Waals surface area contributed by atoms with Crippen LogP contribution in [0.15, 0.2) is 18.2 Å². The third kappa shape index (κ3) is 2.30. The first-order valence-corrected chi connectivity index (χ1v) is 5.83. The van der Waals surface area contributed by atoms with Crippen LogP contribution >= 0.6 is 0 Å². The second-order valence-corrected chi connectivity index (χ2v) is 4.34. The Balaban J connectivity index is 2.01. The number of methoxy groups -OCH3 is 1. The van der Waals surface area contributed by atoms with Gasteiger partial charge in [0.15, 0.2) is 11.5 Å². The van der Waals surface area contributed by atoms with Crippen LogP contribution in [0.3, 0.4) is 0 Å². The van der Waals surface area contributed by atoms with E-state index in [2.05, 4.69) is 12.2 Å². The number of hydrogen-bond donors (Lipinski definition) is 2. The predicted molar refractivity (Wildman–Crippen MR) is 64.1 cm³/mol. The van der Waals surface area contributed by atoms with Gasteiger partial charge < -0.3 is 15.2 Å². The van der Waals surface area contributed by atoms with Gasteiger partial charge in [0, 0.05) is 0 Å². The highest BCUT2D eigenvalue weighted by Gasteiger charge is 2.37. The monoisotopic (exact) mass is 221 g/mol. The lowest BCUT2D eigenvalue weighted by atomic mass is 10.1. The highest BCUT2D eigenvalue weighted by Crippen LogP contribution is 2.48. The van der Waals surface area contributed by atoms with Gasteiger partial charge in [0.05, 0.1) is 7.11 Å². The zero-order chi connectivity index (χ0) is 11.5. The Labute approximate surface area is 96.4 Å². The second-order valence-electron chi connectivity index (χ2n) is 4.34. The van der Waals surface area contributed by atoms with Gasteiger partial charge >= 0.3 is 0 Å². The van der Waals surface area contributed by atoms with E-state index < -0.39 is 0 Å². The third-order valence-corrected chi connectivity index (χ3v) is 3.21. The molecule has 2 unspecified atom stereocenters. The molecule has 0 bridgehead atoms.